The molecule has 2 aliphatic rings. The zero-order chi connectivity index (χ0) is 31.9. The number of furan rings is 1. The lowest BCUT2D eigenvalue weighted by molar-refractivity contribution is -0.279. The van der Waals surface area contributed by atoms with Gasteiger partial charge in [0, 0.05) is 24.8 Å². The zero-order valence-electron chi connectivity index (χ0n) is 26.8. The molecule has 0 spiro atoms. The van der Waals surface area contributed by atoms with Crippen LogP contribution in [0.3, 0.4) is 0 Å². The van der Waals surface area contributed by atoms with Crippen LogP contribution in [0.5, 0.6) is 0 Å². The molecule has 1 aromatic rings. The van der Waals surface area contributed by atoms with Gasteiger partial charge in [-0.05, 0) is 79.1 Å². The van der Waals surface area contributed by atoms with Crippen molar-refractivity contribution in [1.82, 2.24) is 4.90 Å². The number of nitrogens with zero attached hydrogens (tertiary/aromatic N) is 3. The minimum atomic E-state index is -1.72. The zero-order valence-corrected chi connectivity index (χ0v) is 26.8. The van der Waals surface area contributed by atoms with E-state index in [1.165, 1.54) is 6.92 Å². The molecule has 3 rings (SSSR count). The van der Waals surface area contributed by atoms with Gasteiger partial charge in [-0.1, -0.05) is 13.8 Å². The first-order valence-electron chi connectivity index (χ1n) is 15.1. The molecule has 244 valence electrons. The van der Waals surface area contributed by atoms with E-state index in [1.54, 1.807) is 46.3 Å². The lowest BCUT2D eigenvalue weighted by atomic mass is 9.84. The van der Waals surface area contributed by atoms with Gasteiger partial charge in [-0.15, -0.1) is 0 Å². The van der Waals surface area contributed by atoms with Gasteiger partial charge in [-0.25, -0.2) is 0 Å². The van der Waals surface area contributed by atoms with Gasteiger partial charge in [0.1, 0.15) is 29.8 Å². The highest BCUT2D eigenvalue weighted by atomic mass is 16.7. The highest BCUT2D eigenvalue weighted by Gasteiger charge is 2.42. The minimum absolute atomic E-state index is 0.127. The van der Waals surface area contributed by atoms with Crippen LogP contribution in [0.25, 0.3) is 0 Å². The number of ether oxygens (including phenoxy) is 4. The summed E-state index contributed by atoms with van der Waals surface area (Å²) in [6.07, 6.45) is -0.355. The van der Waals surface area contributed by atoms with Crippen molar-refractivity contribution >= 4 is 17.4 Å². The number of aliphatic hydroxyl groups is 3. The Balaban J connectivity index is 1.94. The molecule has 0 amide bonds. The molecule has 2 saturated heterocycles. The molecule has 0 aliphatic carbocycles. The van der Waals surface area contributed by atoms with E-state index in [9.17, 15) is 20.1 Å². The van der Waals surface area contributed by atoms with Crippen molar-refractivity contribution in [2.45, 2.75) is 115 Å². The number of esters is 1. The van der Waals surface area contributed by atoms with E-state index in [2.05, 4.69) is 10.2 Å². The van der Waals surface area contributed by atoms with Crippen LogP contribution in [-0.4, -0.2) is 114 Å². The van der Waals surface area contributed by atoms with Gasteiger partial charge in [0.25, 0.3) is 0 Å². The molecule has 1 aromatic heterocycles. The third kappa shape index (κ3) is 9.40. The first-order chi connectivity index (χ1) is 20.2. The first-order valence-corrected chi connectivity index (χ1v) is 15.1. The van der Waals surface area contributed by atoms with Crippen molar-refractivity contribution in [3.05, 3.63) is 24.2 Å². The Morgan fingerprint density at radius 1 is 1.14 bits per heavy atom. The molecule has 3 N–H and O–H groups in total. The summed E-state index contributed by atoms with van der Waals surface area (Å²) in [6.45, 7) is 8.27. The molecule has 10 atom stereocenters. The number of hydrogen-bond acceptors (Lipinski definition) is 12. The molecule has 9 unspecified atom stereocenters. The summed E-state index contributed by atoms with van der Waals surface area (Å²) in [5, 5.41) is 42.3. The Morgan fingerprint density at radius 3 is 2.49 bits per heavy atom. The monoisotopic (exact) mass is 609 g/mol. The predicted molar refractivity (Wildman–Crippen MR) is 161 cm³/mol. The maximum absolute atomic E-state index is 12.9. The van der Waals surface area contributed by atoms with Gasteiger partial charge < -0.3 is 43.6 Å². The number of likely N-dealkylation sites (N-methyl/N-ethyl adjacent to an activating group) is 1. The molecule has 0 bridgehead atoms. The van der Waals surface area contributed by atoms with Crippen LogP contribution in [-0.2, 0) is 23.7 Å². The summed E-state index contributed by atoms with van der Waals surface area (Å²) in [5.74, 6) is -1.08. The molecule has 0 radical (unpaired) electrons. The molecule has 0 aromatic carbocycles. The van der Waals surface area contributed by atoms with Gasteiger partial charge in [0.05, 0.1) is 36.6 Å². The highest BCUT2D eigenvalue weighted by molar-refractivity contribution is 5.97. The van der Waals surface area contributed by atoms with Crippen LogP contribution in [0.15, 0.2) is 33.0 Å². The number of rotatable bonds is 6. The van der Waals surface area contributed by atoms with Crippen LogP contribution >= 0.6 is 0 Å². The summed E-state index contributed by atoms with van der Waals surface area (Å²) >= 11 is 0. The SMILES string of the molecule is COC1CC/C(=N\N=C(/C)c2ccco2)C(C)C(O)C(C)(O)COC(=O)C(C)CC[C@H]1OC1OC(C)CC(N(C)C)C1O. The second kappa shape index (κ2) is 15.7. The summed E-state index contributed by atoms with van der Waals surface area (Å²) < 4.78 is 29.3. The number of hydrogen-bond donors (Lipinski definition) is 3. The van der Waals surface area contributed by atoms with E-state index in [4.69, 9.17) is 23.4 Å². The normalized spacial score (nSPS) is 38.6. The van der Waals surface area contributed by atoms with Crippen molar-refractivity contribution in [2.75, 3.05) is 27.8 Å². The largest absolute Gasteiger partial charge is 0.463 e. The quantitative estimate of drug-likeness (QED) is 0.249. The average molecular weight is 610 g/mol. The fraction of sp³-hybridized carbons (Fsp3) is 0.774. The molecule has 0 saturated carbocycles. The second-order valence-corrected chi connectivity index (χ2v) is 12.5. The van der Waals surface area contributed by atoms with E-state index in [-0.39, 0.29) is 18.8 Å². The molecule has 2 aliphatic heterocycles. The number of cyclic esters (lactones) is 1. The van der Waals surface area contributed by atoms with Crippen molar-refractivity contribution in [1.29, 1.82) is 0 Å². The third-order valence-corrected chi connectivity index (χ3v) is 8.62. The van der Waals surface area contributed by atoms with E-state index in [0.717, 1.165) is 0 Å². The molecule has 43 heavy (non-hydrogen) atoms. The van der Waals surface area contributed by atoms with Crippen LogP contribution in [0.2, 0.25) is 0 Å². The van der Waals surface area contributed by atoms with E-state index < -0.39 is 54.1 Å². The van der Waals surface area contributed by atoms with Gasteiger partial charge >= 0.3 is 5.97 Å². The van der Waals surface area contributed by atoms with Gasteiger partial charge in [0.2, 0.25) is 0 Å². The molecule has 2 fully saturated rings. The second-order valence-electron chi connectivity index (χ2n) is 12.5. The maximum Gasteiger partial charge on any atom is 0.308 e. The van der Waals surface area contributed by atoms with E-state index in [1.807, 2.05) is 25.9 Å². The van der Waals surface area contributed by atoms with Gasteiger partial charge in [-0.3, -0.25) is 4.79 Å². The molecule has 12 heteroatoms. The van der Waals surface area contributed by atoms with E-state index in [0.29, 0.717) is 49.3 Å². The lowest BCUT2D eigenvalue weighted by Gasteiger charge is -2.43. The topological polar surface area (TPSA) is 156 Å². The molecular formula is C31H51N3O9. The number of carbonyl (C=O) groups excluding carboxylic acids is 1. The van der Waals surface area contributed by atoms with Crippen molar-refractivity contribution in [2.24, 2.45) is 22.0 Å². The van der Waals surface area contributed by atoms with Crippen molar-refractivity contribution in [3.63, 3.8) is 0 Å². The number of carbonyl (C=O) groups is 1. The first kappa shape index (κ1) is 35.3. The Bertz CT molecular complexity index is 1070. The fourth-order valence-corrected chi connectivity index (χ4v) is 5.65. The summed E-state index contributed by atoms with van der Waals surface area (Å²) in [6, 6.07) is 3.38. The average Bonchev–Trinajstić information content (AvgIpc) is 3.51. The predicted octanol–water partition coefficient (Wildman–Crippen LogP) is 2.77. The van der Waals surface area contributed by atoms with Crippen LogP contribution in [0.4, 0.5) is 0 Å². The fourth-order valence-electron chi connectivity index (χ4n) is 5.65. The molecule has 3 heterocycles. The van der Waals surface area contributed by atoms with Gasteiger partial charge in [0.15, 0.2) is 6.29 Å². The van der Waals surface area contributed by atoms with Gasteiger partial charge in [-0.2, -0.15) is 10.2 Å². The van der Waals surface area contributed by atoms with Crippen LogP contribution < -0.4 is 0 Å². The summed E-state index contributed by atoms with van der Waals surface area (Å²) in [5.41, 5.74) is -0.655. The Hall–Kier alpha value is -2.19. The standard InChI is InChI=1S/C31H51N3O9/c1-18-11-13-26(43-30-27(35)23(34(6)7)16-19(2)42-30)25(39-8)14-12-22(33-32-21(4)24-10-9-15-40-24)20(3)28(36)31(5,38)17-41-29(18)37/h9-10,15,18-20,23,25-28,30,35-36,38H,11-14,16-17H2,1-8H3/b32-21+,33-22+/t18?,19?,20?,23?,25?,26-,27?,28?,30?,31?/m1/s1. The van der Waals surface area contributed by atoms with Crippen LogP contribution in [0.1, 0.15) is 72.5 Å². The van der Waals surface area contributed by atoms with E-state index >= 15 is 0 Å². The summed E-state index contributed by atoms with van der Waals surface area (Å²) in [4.78, 5) is 14.8. The van der Waals surface area contributed by atoms with Crippen LogP contribution in [0, 0.1) is 11.8 Å². The molecule has 12 nitrogen and oxygen atoms in total. The van der Waals surface area contributed by atoms with Crippen molar-refractivity contribution < 1.29 is 43.5 Å². The maximum atomic E-state index is 12.9. The third-order valence-electron chi connectivity index (χ3n) is 8.62. The number of aliphatic hydroxyl groups excluding tert-OH is 2. The Kier molecular flexibility index (Phi) is 12.9. The lowest BCUT2D eigenvalue weighted by Crippen LogP contribution is -2.55. The molecular weight excluding hydrogens is 558 g/mol. The number of methoxy groups -OCH3 is 1. The minimum Gasteiger partial charge on any atom is -0.463 e. The van der Waals surface area contributed by atoms with Crippen molar-refractivity contribution in [3.8, 4) is 0 Å². The Labute approximate surface area is 255 Å². The Morgan fingerprint density at radius 2 is 1.86 bits per heavy atom. The summed E-state index contributed by atoms with van der Waals surface area (Å²) in [7, 11) is 5.42. The smallest absolute Gasteiger partial charge is 0.308 e. The highest BCUT2D eigenvalue weighted by Crippen LogP contribution is 2.30.